The van der Waals surface area contributed by atoms with Crippen LogP contribution in [0, 0.1) is 0 Å². The first-order valence-corrected chi connectivity index (χ1v) is 19.7. The van der Waals surface area contributed by atoms with Gasteiger partial charge in [0, 0.05) is 0 Å². The fourth-order valence-corrected chi connectivity index (χ4v) is 5.81. The molecule has 2 N–H and O–H groups in total. The number of esters is 4. The Morgan fingerprint density at radius 3 is 1.10 bits per heavy atom. The molecule has 0 aromatic heterocycles. The predicted molar refractivity (Wildman–Crippen MR) is 196 cm³/mol. The van der Waals surface area contributed by atoms with Gasteiger partial charge in [0.05, 0.1) is 28.9 Å². The molecule has 0 heterocycles. The quantitative estimate of drug-likeness (QED) is 0.0562. The summed E-state index contributed by atoms with van der Waals surface area (Å²) in [6.45, 7) is 9.36. The van der Waals surface area contributed by atoms with Gasteiger partial charge in [-0.3, -0.25) is 0 Å². The number of hydrogen-bond donors (Lipinski definition) is 1. The first kappa shape index (κ1) is 39.6. The Morgan fingerprint density at radius 2 is 0.808 bits per heavy atom. The smallest absolute Gasteiger partial charge is 0.338 e. The lowest BCUT2D eigenvalue weighted by Gasteiger charge is -2.40. The molecule has 274 valence electrons. The third-order valence-electron chi connectivity index (χ3n) is 8.77. The topological polar surface area (TPSA) is 150 Å². The zero-order chi connectivity index (χ0) is 37.7. The zero-order valence-corrected chi connectivity index (χ0v) is 30.9. The molecule has 0 spiro atoms. The highest BCUT2D eigenvalue weighted by molar-refractivity contribution is 6.74. The Kier molecular flexibility index (Phi) is 14.0. The van der Waals surface area contributed by atoms with Crippen LogP contribution in [0.25, 0.3) is 0 Å². The highest BCUT2D eigenvalue weighted by Crippen LogP contribution is 2.37. The summed E-state index contributed by atoms with van der Waals surface area (Å²) >= 11 is 0. The Bertz CT molecular complexity index is 1750. The molecule has 0 saturated heterocycles. The molecule has 0 aliphatic carbocycles. The standard InChI is InChI=1S/C40H45NO10Si/c1-40(2,3)52(4,5)47-27-33(49-37(43)29-20-12-7-13-21-29)35(51-39(45)31-24-16-9-17-25-31)34(50-38(44)30-22-14-8-15-23-30)32(26-46-41)48-36(42)28-18-10-6-11-19-28/h6-25,32-35H,26-27,41H2,1-5H3/t32-,33-,34-,35-/m1/s1. The van der Waals surface area contributed by atoms with Crippen LogP contribution in [0.4, 0.5) is 0 Å². The lowest BCUT2D eigenvalue weighted by atomic mass is 10.0. The van der Waals surface area contributed by atoms with E-state index in [0.29, 0.717) is 0 Å². The molecule has 0 unspecified atom stereocenters. The monoisotopic (exact) mass is 727 g/mol. The molecule has 0 aliphatic rings. The molecule has 52 heavy (non-hydrogen) atoms. The van der Waals surface area contributed by atoms with E-state index in [1.54, 1.807) is 84.9 Å². The van der Waals surface area contributed by atoms with Crippen LogP contribution in [-0.2, 0) is 28.2 Å². The fraction of sp³-hybridized carbons (Fsp3) is 0.300. The molecule has 4 atom stereocenters. The SMILES string of the molecule is CC(C)(C)[Si](C)(C)OC[C@@H](OC(=O)c1ccccc1)[C@@H](OC(=O)c1ccccc1)[C@H](OC(=O)c1ccccc1)[C@@H](CON)OC(=O)c1ccccc1. The summed E-state index contributed by atoms with van der Waals surface area (Å²) in [6, 6.07) is 32.5. The number of hydrogen-bond acceptors (Lipinski definition) is 11. The molecule has 0 bridgehead atoms. The van der Waals surface area contributed by atoms with Crippen molar-refractivity contribution in [3.05, 3.63) is 144 Å². The van der Waals surface area contributed by atoms with Crippen molar-refractivity contribution < 1.29 is 47.4 Å². The summed E-state index contributed by atoms with van der Waals surface area (Å²) in [5, 5.41) is -0.266. The van der Waals surface area contributed by atoms with Crippen molar-refractivity contribution in [1.82, 2.24) is 0 Å². The van der Waals surface area contributed by atoms with E-state index in [9.17, 15) is 19.2 Å². The van der Waals surface area contributed by atoms with Gasteiger partial charge in [-0.05, 0) is 66.7 Å². The van der Waals surface area contributed by atoms with Gasteiger partial charge >= 0.3 is 23.9 Å². The van der Waals surface area contributed by atoms with Crippen molar-refractivity contribution >= 4 is 32.2 Å². The van der Waals surface area contributed by atoms with Crippen LogP contribution in [0.2, 0.25) is 18.1 Å². The van der Waals surface area contributed by atoms with E-state index in [2.05, 4.69) is 0 Å². The molecule has 4 aromatic rings. The second-order valence-electron chi connectivity index (χ2n) is 13.5. The third-order valence-corrected chi connectivity index (χ3v) is 13.3. The molecular formula is C40H45NO10Si. The lowest BCUT2D eigenvalue weighted by Crippen LogP contribution is -2.55. The highest BCUT2D eigenvalue weighted by Gasteiger charge is 2.47. The van der Waals surface area contributed by atoms with Crippen LogP contribution in [0.3, 0.4) is 0 Å². The molecule has 0 aliphatic heterocycles. The van der Waals surface area contributed by atoms with Gasteiger partial charge in [0.25, 0.3) is 0 Å². The maximum atomic E-state index is 13.9. The summed E-state index contributed by atoms with van der Waals surface area (Å²) < 4.78 is 30.8. The summed E-state index contributed by atoms with van der Waals surface area (Å²) in [7, 11) is -2.55. The van der Waals surface area contributed by atoms with Crippen molar-refractivity contribution in [2.24, 2.45) is 5.90 Å². The number of rotatable bonds is 16. The summed E-state index contributed by atoms with van der Waals surface area (Å²) in [5.74, 6) is 2.33. The van der Waals surface area contributed by atoms with Gasteiger partial charge in [-0.2, -0.15) is 0 Å². The minimum atomic E-state index is -2.55. The van der Waals surface area contributed by atoms with Crippen molar-refractivity contribution in [2.75, 3.05) is 13.2 Å². The Balaban J connectivity index is 1.87. The first-order valence-electron chi connectivity index (χ1n) is 16.8. The maximum absolute atomic E-state index is 13.9. The number of carbonyl (C=O) groups is 4. The minimum Gasteiger partial charge on any atom is -0.452 e. The van der Waals surface area contributed by atoms with E-state index >= 15 is 0 Å². The zero-order valence-electron chi connectivity index (χ0n) is 29.9. The Morgan fingerprint density at radius 1 is 0.519 bits per heavy atom. The largest absolute Gasteiger partial charge is 0.452 e. The van der Waals surface area contributed by atoms with Crippen LogP contribution < -0.4 is 5.90 Å². The summed E-state index contributed by atoms with van der Waals surface area (Å²) in [6.07, 6.45) is -6.15. The van der Waals surface area contributed by atoms with Crippen molar-refractivity contribution in [1.29, 1.82) is 0 Å². The van der Waals surface area contributed by atoms with E-state index in [1.165, 1.54) is 36.4 Å². The van der Waals surface area contributed by atoms with E-state index in [0.717, 1.165) is 0 Å². The van der Waals surface area contributed by atoms with Crippen LogP contribution in [-0.4, -0.2) is 69.8 Å². The Hall–Kier alpha value is -5.14. The van der Waals surface area contributed by atoms with E-state index in [1.807, 2.05) is 33.9 Å². The van der Waals surface area contributed by atoms with Crippen molar-refractivity contribution in [3.8, 4) is 0 Å². The number of benzene rings is 4. The summed E-state index contributed by atoms with van der Waals surface area (Å²) in [4.78, 5) is 59.8. The summed E-state index contributed by atoms with van der Waals surface area (Å²) in [5.41, 5.74) is 0.705. The third kappa shape index (κ3) is 10.9. The van der Waals surface area contributed by atoms with Crippen LogP contribution in [0.1, 0.15) is 62.2 Å². The Labute approximate surface area is 305 Å². The van der Waals surface area contributed by atoms with E-state index in [4.69, 9.17) is 34.1 Å². The average Bonchev–Trinajstić information content (AvgIpc) is 3.15. The van der Waals surface area contributed by atoms with Crippen LogP contribution >= 0.6 is 0 Å². The average molecular weight is 728 g/mol. The normalized spacial score (nSPS) is 13.9. The second kappa shape index (κ2) is 18.4. The van der Waals surface area contributed by atoms with Gasteiger partial charge in [0.1, 0.15) is 6.61 Å². The lowest BCUT2D eigenvalue weighted by molar-refractivity contribution is -0.141. The first-order chi connectivity index (χ1) is 24.8. The minimum absolute atomic E-state index is 0.151. The maximum Gasteiger partial charge on any atom is 0.338 e. The molecule has 0 fully saturated rings. The number of nitrogens with two attached hydrogens (primary N) is 1. The van der Waals surface area contributed by atoms with E-state index in [-0.39, 0.29) is 33.9 Å². The molecular weight excluding hydrogens is 683 g/mol. The number of ether oxygens (including phenoxy) is 4. The molecule has 11 nitrogen and oxygen atoms in total. The second-order valence-corrected chi connectivity index (χ2v) is 18.3. The van der Waals surface area contributed by atoms with Crippen molar-refractivity contribution in [3.63, 3.8) is 0 Å². The van der Waals surface area contributed by atoms with E-state index < -0.39 is 63.2 Å². The number of carbonyl (C=O) groups excluding carboxylic acids is 4. The molecule has 0 radical (unpaired) electrons. The molecule has 12 heteroatoms. The predicted octanol–water partition coefficient (Wildman–Crippen LogP) is 6.80. The van der Waals surface area contributed by atoms with Gasteiger partial charge in [0.2, 0.25) is 0 Å². The fourth-order valence-electron chi connectivity index (χ4n) is 4.79. The van der Waals surface area contributed by atoms with Gasteiger partial charge in [-0.25, -0.2) is 25.1 Å². The van der Waals surface area contributed by atoms with Gasteiger partial charge < -0.3 is 28.2 Å². The highest BCUT2D eigenvalue weighted by atomic mass is 28.4. The van der Waals surface area contributed by atoms with Gasteiger partial charge in [0.15, 0.2) is 32.7 Å². The molecule has 4 aromatic carbocycles. The van der Waals surface area contributed by atoms with Crippen molar-refractivity contribution in [2.45, 2.75) is 63.3 Å². The van der Waals surface area contributed by atoms with Crippen LogP contribution in [0.15, 0.2) is 121 Å². The molecule has 0 saturated carbocycles. The van der Waals surface area contributed by atoms with Crippen LogP contribution in [0.5, 0.6) is 0 Å². The molecule has 0 amide bonds. The van der Waals surface area contributed by atoms with Gasteiger partial charge in [-0.1, -0.05) is 93.6 Å². The van der Waals surface area contributed by atoms with Gasteiger partial charge in [-0.15, -0.1) is 0 Å². The molecule has 4 rings (SSSR count).